The van der Waals surface area contributed by atoms with Gasteiger partial charge in [0.15, 0.2) is 0 Å². The fourth-order valence-electron chi connectivity index (χ4n) is 2.74. The number of ether oxygens (including phenoxy) is 2. The molecular formula is C16H22F12O8S2. The van der Waals surface area contributed by atoms with E-state index >= 15 is 0 Å². The summed E-state index contributed by atoms with van der Waals surface area (Å²) in [6, 6.07) is 0. The fourth-order valence-corrected chi connectivity index (χ4v) is 3.54. The maximum Gasteiger partial charge on any atom is 0.459 e. The fraction of sp³-hybridized carbons (Fsp3) is 1.00. The molecule has 0 aliphatic rings. The zero-order chi connectivity index (χ0) is 30.8. The number of rotatable bonds is 17. The maximum atomic E-state index is 13.9. The summed E-state index contributed by atoms with van der Waals surface area (Å²) in [6.07, 6.45) is -20.2. The van der Waals surface area contributed by atoms with Gasteiger partial charge in [0, 0.05) is 0 Å². The highest BCUT2D eigenvalue weighted by Gasteiger charge is 2.85. The van der Waals surface area contributed by atoms with E-state index < -0.39 is 99.1 Å². The van der Waals surface area contributed by atoms with Crippen LogP contribution in [0, 0.1) is 0 Å². The number of alkyl halides is 12. The summed E-state index contributed by atoms with van der Waals surface area (Å²) < 4.78 is 228. The van der Waals surface area contributed by atoms with Crippen LogP contribution in [-0.4, -0.2) is 72.7 Å². The van der Waals surface area contributed by atoms with Crippen molar-refractivity contribution in [3.8, 4) is 0 Å². The molecule has 0 bridgehead atoms. The molecule has 0 aromatic heterocycles. The second-order valence-electron chi connectivity index (χ2n) is 7.77. The number of hydrogen-bond donors (Lipinski definition) is 2. The van der Waals surface area contributed by atoms with Gasteiger partial charge in [0.1, 0.15) is 0 Å². The van der Waals surface area contributed by atoms with Crippen molar-refractivity contribution in [2.24, 2.45) is 0 Å². The molecule has 0 aromatic carbocycles. The summed E-state index contributed by atoms with van der Waals surface area (Å²) in [5.74, 6) is -14.7. The van der Waals surface area contributed by atoms with Crippen LogP contribution in [0.4, 0.5) is 52.7 Å². The van der Waals surface area contributed by atoms with Crippen molar-refractivity contribution in [3.63, 3.8) is 0 Å². The van der Waals surface area contributed by atoms with Gasteiger partial charge in [-0.1, -0.05) is 20.3 Å². The Hall–Kier alpha value is -1.10. The van der Waals surface area contributed by atoms with Crippen LogP contribution in [0.3, 0.4) is 0 Å². The lowest BCUT2D eigenvalue weighted by Gasteiger charge is -2.36. The van der Waals surface area contributed by atoms with Crippen molar-refractivity contribution in [1.29, 1.82) is 0 Å². The van der Waals surface area contributed by atoms with E-state index in [0.29, 0.717) is 0 Å². The maximum absolute atomic E-state index is 13.9. The highest BCUT2D eigenvalue weighted by atomic mass is 32.2. The van der Waals surface area contributed by atoms with Gasteiger partial charge >= 0.3 is 54.8 Å². The molecule has 2 N–H and O–H groups in total. The monoisotopic (exact) mass is 634 g/mol. The van der Waals surface area contributed by atoms with Crippen LogP contribution in [-0.2, 0) is 29.7 Å². The summed E-state index contributed by atoms with van der Waals surface area (Å²) in [5, 5.41) is -13.2. The minimum absolute atomic E-state index is 0.0761. The van der Waals surface area contributed by atoms with E-state index in [2.05, 4.69) is 9.47 Å². The van der Waals surface area contributed by atoms with Crippen LogP contribution in [0.25, 0.3) is 0 Å². The first-order valence-corrected chi connectivity index (χ1v) is 13.0. The quantitative estimate of drug-likeness (QED) is 0.158. The Morgan fingerprint density at radius 1 is 0.605 bits per heavy atom. The molecule has 0 fully saturated rings. The van der Waals surface area contributed by atoms with Crippen LogP contribution < -0.4 is 0 Å². The van der Waals surface area contributed by atoms with E-state index in [1.165, 1.54) is 6.92 Å². The van der Waals surface area contributed by atoms with Gasteiger partial charge in [0.05, 0.1) is 12.2 Å². The SMILES string of the molecule is CCCC(CCCC(CC)OC(F)(F)C(F)(F)C(F)(F)C(F)(F)S(=O)(=O)O)OC(F)(F)C(F)(F)S(=O)(=O)O. The van der Waals surface area contributed by atoms with Crippen molar-refractivity contribution in [2.75, 3.05) is 0 Å². The first-order valence-electron chi connectivity index (χ1n) is 10.1. The third-order valence-corrected chi connectivity index (χ3v) is 6.65. The Labute approximate surface area is 208 Å². The molecule has 0 spiro atoms. The second kappa shape index (κ2) is 11.8. The van der Waals surface area contributed by atoms with E-state index in [4.69, 9.17) is 9.11 Å². The van der Waals surface area contributed by atoms with Crippen LogP contribution in [0.15, 0.2) is 0 Å². The van der Waals surface area contributed by atoms with Gasteiger partial charge in [0.2, 0.25) is 0 Å². The average molecular weight is 634 g/mol. The lowest BCUT2D eigenvalue weighted by molar-refractivity contribution is -0.426. The molecule has 0 amide bonds. The van der Waals surface area contributed by atoms with E-state index in [1.807, 2.05) is 0 Å². The van der Waals surface area contributed by atoms with E-state index in [9.17, 15) is 69.5 Å². The largest absolute Gasteiger partial charge is 0.459 e. The topological polar surface area (TPSA) is 127 Å². The molecule has 38 heavy (non-hydrogen) atoms. The first kappa shape index (κ1) is 36.9. The van der Waals surface area contributed by atoms with Crippen LogP contribution in [0.2, 0.25) is 0 Å². The normalized spacial score (nSPS) is 16.9. The predicted molar refractivity (Wildman–Crippen MR) is 102 cm³/mol. The van der Waals surface area contributed by atoms with Crippen molar-refractivity contribution in [3.05, 3.63) is 0 Å². The molecule has 2 unspecified atom stereocenters. The Morgan fingerprint density at radius 2 is 1.00 bits per heavy atom. The molecule has 22 heteroatoms. The Bertz CT molecular complexity index is 1000. The van der Waals surface area contributed by atoms with E-state index in [-0.39, 0.29) is 6.42 Å². The third kappa shape index (κ3) is 7.34. The van der Waals surface area contributed by atoms with Gasteiger partial charge in [-0.3, -0.25) is 9.11 Å². The van der Waals surface area contributed by atoms with Gasteiger partial charge in [-0.2, -0.15) is 69.5 Å². The van der Waals surface area contributed by atoms with E-state index in [0.717, 1.165) is 6.92 Å². The minimum Gasteiger partial charge on any atom is -0.312 e. The molecule has 8 nitrogen and oxygen atoms in total. The second-order valence-corrected chi connectivity index (χ2v) is 10.7. The van der Waals surface area contributed by atoms with Crippen molar-refractivity contribution < 1.29 is 88.1 Å². The van der Waals surface area contributed by atoms with Crippen molar-refractivity contribution in [1.82, 2.24) is 0 Å². The molecule has 0 aliphatic heterocycles. The number of halogens is 12. The predicted octanol–water partition coefficient (Wildman–Crippen LogP) is 5.55. The average Bonchev–Trinajstić information content (AvgIpc) is 2.70. The molecule has 2 atom stereocenters. The molecule has 0 saturated heterocycles. The highest BCUT2D eigenvalue weighted by Crippen LogP contribution is 2.54. The van der Waals surface area contributed by atoms with Crippen molar-refractivity contribution in [2.45, 2.75) is 99.2 Å². The summed E-state index contributed by atoms with van der Waals surface area (Å²) in [6.45, 7) is 2.23. The zero-order valence-electron chi connectivity index (χ0n) is 19.1. The smallest absolute Gasteiger partial charge is 0.312 e. The van der Waals surface area contributed by atoms with Crippen molar-refractivity contribution >= 4 is 20.2 Å². The zero-order valence-corrected chi connectivity index (χ0v) is 20.7. The summed E-state index contributed by atoms with van der Waals surface area (Å²) in [7, 11) is -14.0. The van der Waals surface area contributed by atoms with Gasteiger partial charge in [-0.05, 0) is 32.1 Å². The highest BCUT2D eigenvalue weighted by molar-refractivity contribution is 7.87. The molecule has 0 aromatic rings. The minimum atomic E-state index is -7.42. The Balaban J connectivity index is 5.65. The number of hydrogen-bond acceptors (Lipinski definition) is 6. The van der Waals surface area contributed by atoms with Gasteiger partial charge < -0.3 is 9.47 Å². The third-order valence-electron chi connectivity index (χ3n) is 4.86. The van der Waals surface area contributed by atoms with Gasteiger partial charge in [-0.25, -0.2) is 0 Å². The first-order chi connectivity index (χ1) is 16.6. The molecule has 0 heterocycles. The van der Waals surface area contributed by atoms with Crippen LogP contribution in [0.5, 0.6) is 0 Å². The Kier molecular flexibility index (Phi) is 11.4. The standard InChI is InChI=1S/C16H22F12O8S2/c1-3-6-10(36-14(23,24)16(27,28)38(32,33)34)8-5-7-9(4-2)35-13(21,22)11(17,18)12(19,20)15(25,26)37(29,30)31/h9-10H,3-8H2,1-2H3,(H,29,30,31)(H,32,33,34). The summed E-state index contributed by atoms with van der Waals surface area (Å²) >= 11 is 0. The van der Waals surface area contributed by atoms with Crippen LogP contribution >= 0.6 is 0 Å². The molecule has 0 aliphatic carbocycles. The van der Waals surface area contributed by atoms with Crippen LogP contribution in [0.1, 0.15) is 52.4 Å². The lowest BCUT2D eigenvalue weighted by atomic mass is 10.0. The molecule has 230 valence electrons. The van der Waals surface area contributed by atoms with Gasteiger partial charge in [-0.15, -0.1) is 0 Å². The molecule has 0 rings (SSSR count). The lowest BCUT2D eigenvalue weighted by Crippen LogP contribution is -2.65. The molecule has 0 radical (unpaired) electrons. The molecule has 0 saturated carbocycles. The molecular weight excluding hydrogens is 612 g/mol. The Morgan fingerprint density at radius 3 is 1.37 bits per heavy atom. The summed E-state index contributed by atoms with van der Waals surface area (Å²) in [4.78, 5) is 0. The van der Waals surface area contributed by atoms with E-state index in [1.54, 1.807) is 0 Å². The summed E-state index contributed by atoms with van der Waals surface area (Å²) in [5.41, 5.74) is 0. The van der Waals surface area contributed by atoms with Gasteiger partial charge in [0.25, 0.3) is 0 Å².